The van der Waals surface area contributed by atoms with Gasteiger partial charge in [-0.3, -0.25) is 14.2 Å². The van der Waals surface area contributed by atoms with Gasteiger partial charge < -0.3 is 0 Å². The van der Waals surface area contributed by atoms with Crippen LogP contribution in [0.5, 0.6) is 0 Å². The summed E-state index contributed by atoms with van der Waals surface area (Å²) in [6.07, 6.45) is 6.41. The number of fused-ring (bicyclic) bond motifs is 3. The van der Waals surface area contributed by atoms with Crippen LogP contribution in [0.1, 0.15) is 50.0 Å². The van der Waals surface area contributed by atoms with Crippen molar-refractivity contribution < 1.29 is 4.79 Å². The lowest BCUT2D eigenvalue weighted by Crippen LogP contribution is -2.24. The lowest BCUT2D eigenvalue weighted by atomic mass is 10.2. The first-order valence-electron chi connectivity index (χ1n) is 8.29. The second-order valence-electron chi connectivity index (χ2n) is 6.09. The number of unbranched alkanes of at least 4 members (excludes halogenated alkanes) is 2. The number of hydrogen-bond acceptors (Lipinski definition) is 5. The fourth-order valence-electron chi connectivity index (χ4n) is 3.05. The molecule has 3 rings (SSSR count). The first kappa shape index (κ1) is 16.7. The standard InChI is InChI=1S/C17H22N2O2S2/c1-3-4-5-9-19-16(21)14-12-7-6-8-13(12)23-15(14)18-17(19)22-10-11(2)20/h3-10H2,1-2H3. The number of Topliss-reactive ketones (excluding diaryl/α,β-unsaturated/α-hetero) is 1. The molecule has 0 aliphatic heterocycles. The molecule has 4 nitrogen and oxygen atoms in total. The zero-order valence-corrected chi connectivity index (χ0v) is 15.3. The van der Waals surface area contributed by atoms with E-state index in [9.17, 15) is 9.59 Å². The van der Waals surface area contributed by atoms with E-state index >= 15 is 0 Å². The quantitative estimate of drug-likeness (QED) is 0.433. The van der Waals surface area contributed by atoms with E-state index in [1.54, 1.807) is 22.8 Å². The highest BCUT2D eigenvalue weighted by Crippen LogP contribution is 2.35. The lowest BCUT2D eigenvalue weighted by Gasteiger charge is -2.11. The van der Waals surface area contributed by atoms with Crippen molar-refractivity contribution in [2.45, 2.75) is 64.1 Å². The average molecular weight is 351 g/mol. The number of ketones is 1. The summed E-state index contributed by atoms with van der Waals surface area (Å²) < 4.78 is 1.80. The van der Waals surface area contributed by atoms with Crippen molar-refractivity contribution in [3.8, 4) is 0 Å². The third-order valence-corrected chi connectivity index (χ3v) is 6.49. The molecule has 0 amide bonds. The van der Waals surface area contributed by atoms with E-state index in [1.165, 1.54) is 22.2 Å². The van der Waals surface area contributed by atoms with Gasteiger partial charge in [0.1, 0.15) is 10.6 Å². The van der Waals surface area contributed by atoms with E-state index in [2.05, 4.69) is 6.92 Å². The summed E-state index contributed by atoms with van der Waals surface area (Å²) in [5.74, 6) is 0.481. The Morgan fingerprint density at radius 3 is 2.91 bits per heavy atom. The number of rotatable bonds is 7. The molecule has 1 aliphatic carbocycles. The van der Waals surface area contributed by atoms with Crippen molar-refractivity contribution in [1.82, 2.24) is 9.55 Å². The minimum absolute atomic E-state index is 0.0940. The Bertz CT molecular complexity index is 792. The van der Waals surface area contributed by atoms with E-state index in [0.29, 0.717) is 17.5 Å². The maximum Gasteiger partial charge on any atom is 0.263 e. The number of carbonyl (C=O) groups is 1. The van der Waals surface area contributed by atoms with E-state index in [0.717, 1.165) is 48.7 Å². The van der Waals surface area contributed by atoms with Crippen LogP contribution in [-0.2, 0) is 24.2 Å². The van der Waals surface area contributed by atoms with Gasteiger partial charge in [0.25, 0.3) is 5.56 Å². The Balaban J connectivity index is 2.06. The minimum atomic E-state index is 0.0940. The van der Waals surface area contributed by atoms with Gasteiger partial charge in [-0.1, -0.05) is 31.5 Å². The molecule has 0 unspecified atom stereocenters. The molecule has 2 aromatic heterocycles. The molecule has 0 bridgehead atoms. The predicted octanol–water partition coefficient (Wildman–Crippen LogP) is 3.82. The van der Waals surface area contributed by atoms with E-state index in [4.69, 9.17) is 4.98 Å². The van der Waals surface area contributed by atoms with E-state index in [-0.39, 0.29) is 11.3 Å². The Morgan fingerprint density at radius 2 is 2.17 bits per heavy atom. The second kappa shape index (κ2) is 7.18. The largest absolute Gasteiger partial charge is 0.299 e. The zero-order valence-electron chi connectivity index (χ0n) is 13.7. The van der Waals surface area contributed by atoms with E-state index in [1.807, 2.05) is 0 Å². The first-order chi connectivity index (χ1) is 11.1. The van der Waals surface area contributed by atoms with Crippen molar-refractivity contribution in [2.75, 3.05) is 5.75 Å². The van der Waals surface area contributed by atoms with Gasteiger partial charge in [0.2, 0.25) is 0 Å². The van der Waals surface area contributed by atoms with Crippen molar-refractivity contribution in [3.05, 3.63) is 20.8 Å². The predicted molar refractivity (Wildman–Crippen MR) is 96.8 cm³/mol. The molecule has 0 atom stereocenters. The highest BCUT2D eigenvalue weighted by Gasteiger charge is 2.23. The maximum atomic E-state index is 13.0. The molecule has 2 aromatic rings. The van der Waals surface area contributed by atoms with Crippen LogP contribution in [0.15, 0.2) is 9.95 Å². The van der Waals surface area contributed by atoms with Crippen LogP contribution in [0.2, 0.25) is 0 Å². The fourth-order valence-corrected chi connectivity index (χ4v) is 5.18. The highest BCUT2D eigenvalue weighted by atomic mass is 32.2. The molecule has 0 saturated heterocycles. The van der Waals surface area contributed by atoms with Crippen molar-refractivity contribution in [2.24, 2.45) is 0 Å². The molecule has 0 fully saturated rings. The molecule has 124 valence electrons. The molecule has 1 aliphatic rings. The number of thiophene rings is 1. The average Bonchev–Trinajstić information content (AvgIpc) is 3.07. The number of aryl methyl sites for hydroxylation is 2. The van der Waals surface area contributed by atoms with Gasteiger partial charge in [-0.2, -0.15) is 0 Å². The summed E-state index contributed by atoms with van der Waals surface area (Å²) in [7, 11) is 0. The van der Waals surface area contributed by atoms with Crippen LogP contribution in [0, 0.1) is 0 Å². The number of nitrogens with zero attached hydrogens (tertiary/aromatic N) is 2. The Kier molecular flexibility index (Phi) is 5.21. The van der Waals surface area contributed by atoms with Gasteiger partial charge in [-0.05, 0) is 38.2 Å². The third-order valence-electron chi connectivity index (χ3n) is 4.18. The normalized spacial score (nSPS) is 13.7. The van der Waals surface area contributed by atoms with Crippen molar-refractivity contribution >= 4 is 39.1 Å². The highest BCUT2D eigenvalue weighted by molar-refractivity contribution is 7.99. The maximum absolute atomic E-state index is 13.0. The van der Waals surface area contributed by atoms with Crippen LogP contribution in [0.4, 0.5) is 0 Å². The topological polar surface area (TPSA) is 52.0 Å². The summed E-state index contributed by atoms with van der Waals surface area (Å²) in [6.45, 7) is 4.42. The van der Waals surface area contributed by atoms with Gasteiger partial charge in [0.15, 0.2) is 5.16 Å². The monoisotopic (exact) mass is 350 g/mol. The lowest BCUT2D eigenvalue weighted by molar-refractivity contribution is -0.114. The van der Waals surface area contributed by atoms with Gasteiger partial charge in [0.05, 0.1) is 11.1 Å². The molecule has 0 radical (unpaired) electrons. The molecule has 2 heterocycles. The van der Waals surface area contributed by atoms with Gasteiger partial charge >= 0.3 is 0 Å². The fraction of sp³-hybridized carbons (Fsp3) is 0.588. The van der Waals surface area contributed by atoms with Crippen LogP contribution in [0.25, 0.3) is 10.2 Å². The Labute approximate surface area is 144 Å². The van der Waals surface area contributed by atoms with Crippen LogP contribution in [0.3, 0.4) is 0 Å². The number of aromatic nitrogens is 2. The van der Waals surface area contributed by atoms with Crippen molar-refractivity contribution in [3.63, 3.8) is 0 Å². The first-order valence-corrected chi connectivity index (χ1v) is 10.1. The Hall–Kier alpha value is -1.14. The number of thioether (sulfide) groups is 1. The van der Waals surface area contributed by atoms with Gasteiger partial charge in [-0.15, -0.1) is 11.3 Å². The number of hydrogen-bond donors (Lipinski definition) is 0. The van der Waals surface area contributed by atoms with Gasteiger partial charge in [0, 0.05) is 11.4 Å². The molecule has 0 spiro atoms. The van der Waals surface area contributed by atoms with Crippen LogP contribution >= 0.6 is 23.1 Å². The van der Waals surface area contributed by atoms with E-state index < -0.39 is 0 Å². The molecular weight excluding hydrogens is 328 g/mol. The summed E-state index contributed by atoms with van der Waals surface area (Å²) in [6, 6.07) is 0. The third kappa shape index (κ3) is 3.38. The molecule has 6 heteroatoms. The zero-order chi connectivity index (χ0) is 16.4. The SMILES string of the molecule is CCCCCn1c(SCC(C)=O)nc2sc3c(c2c1=O)CCC3. The molecule has 0 saturated carbocycles. The molecular formula is C17H22N2O2S2. The van der Waals surface area contributed by atoms with Crippen molar-refractivity contribution in [1.29, 1.82) is 0 Å². The smallest absolute Gasteiger partial charge is 0.263 e. The Morgan fingerprint density at radius 1 is 1.35 bits per heavy atom. The second-order valence-corrected chi connectivity index (χ2v) is 8.11. The summed E-state index contributed by atoms with van der Waals surface area (Å²) in [5, 5.41) is 1.54. The summed E-state index contributed by atoms with van der Waals surface area (Å²) in [4.78, 5) is 31.3. The molecule has 23 heavy (non-hydrogen) atoms. The van der Waals surface area contributed by atoms with Crippen LogP contribution < -0.4 is 5.56 Å². The van der Waals surface area contributed by atoms with Gasteiger partial charge in [-0.25, -0.2) is 4.98 Å². The van der Waals surface area contributed by atoms with Crippen LogP contribution in [-0.4, -0.2) is 21.1 Å². The number of carbonyl (C=O) groups excluding carboxylic acids is 1. The summed E-state index contributed by atoms with van der Waals surface area (Å²) in [5.41, 5.74) is 1.33. The molecule has 0 N–H and O–H groups in total. The minimum Gasteiger partial charge on any atom is -0.299 e. The summed E-state index contributed by atoms with van der Waals surface area (Å²) >= 11 is 3.06. The molecule has 0 aromatic carbocycles.